The van der Waals surface area contributed by atoms with Crippen molar-refractivity contribution in [2.75, 3.05) is 7.11 Å². The molecular weight excluding hydrogens is 548 g/mol. The zero-order valence-electron chi connectivity index (χ0n) is 22.6. The quantitative estimate of drug-likeness (QED) is 0.306. The smallest absolute Gasteiger partial charge is 0.354 e. The van der Waals surface area contributed by atoms with E-state index in [0.29, 0.717) is 11.1 Å². The Hall–Kier alpha value is -4.64. The van der Waals surface area contributed by atoms with Gasteiger partial charge < -0.3 is 34.6 Å². The summed E-state index contributed by atoms with van der Waals surface area (Å²) in [7, 11) is 1.12. The predicted molar refractivity (Wildman–Crippen MR) is 142 cm³/mol. The minimum Gasteiger partial charge on any atom is -0.507 e. The second-order valence-electron chi connectivity index (χ2n) is 11.6. The molecule has 0 saturated carbocycles. The van der Waals surface area contributed by atoms with E-state index < -0.39 is 70.6 Å². The van der Waals surface area contributed by atoms with Crippen LogP contribution in [0.2, 0.25) is 0 Å². The van der Waals surface area contributed by atoms with Gasteiger partial charge in [-0.15, -0.1) is 0 Å². The molecule has 6 aliphatic rings. The lowest BCUT2D eigenvalue weighted by molar-refractivity contribution is -0.175. The molecule has 1 spiro atoms. The maximum Gasteiger partial charge on any atom is 0.354 e. The average molecular weight is 575 g/mol. The summed E-state index contributed by atoms with van der Waals surface area (Å²) in [5.74, 6) is -5.29. The van der Waals surface area contributed by atoms with Gasteiger partial charge in [0.25, 0.3) is 0 Å². The third-order valence-corrected chi connectivity index (χ3v) is 9.24. The fraction of sp³-hybridized carbons (Fsp3) is 0.355. The Kier molecular flexibility index (Phi) is 5.28. The highest BCUT2D eigenvalue weighted by molar-refractivity contribution is 6.13. The number of carbonyl (C=O) groups excluding carboxylic acids is 4. The normalized spacial score (nSPS) is 30.5. The van der Waals surface area contributed by atoms with Crippen LogP contribution in [0.25, 0.3) is 5.76 Å². The third-order valence-electron chi connectivity index (χ3n) is 9.24. The fourth-order valence-electron chi connectivity index (χ4n) is 7.41. The summed E-state index contributed by atoms with van der Waals surface area (Å²) in [5.41, 5.74) is -2.53. The highest BCUT2D eigenvalue weighted by atomic mass is 16.6. The number of phenols is 2. The second kappa shape index (κ2) is 8.45. The fourth-order valence-corrected chi connectivity index (χ4v) is 7.41. The molecular formula is C31H26O11. The first-order valence-electron chi connectivity index (χ1n) is 13.5. The summed E-state index contributed by atoms with van der Waals surface area (Å²) in [5, 5.41) is 45.3. The van der Waals surface area contributed by atoms with E-state index in [-0.39, 0.29) is 58.6 Å². The molecule has 1 fully saturated rings. The van der Waals surface area contributed by atoms with Gasteiger partial charge in [0.05, 0.1) is 42.1 Å². The van der Waals surface area contributed by atoms with Crippen LogP contribution in [-0.4, -0.2) is 62.7 Å². The first-order valence-corrected chi connectivity index (χ1v) is 13.5. The number of ether oxygens (including phenoxy) is 3. The van der Waals surface area contributed by atoms with Gasteiger partial charge in [-0.2, -0.15) is 0 Å². The second-order valence-corrected chi connectivity index (χ2v) is 11.6. The number of aliphatic hydroxyl groups excluding tert-OH is 2. The number of aromatic hydroxyl groups is 2. The Morgan fingerprint density at radius 2 is 1.83 bits per heavy atom. The van der Waals surface area contributed by atoms with E-state index in [2.05, 4.69) is 0 Å². The van der Waals surface area contributed by atoms with Crippen LogP contribution in [0.1, 0.15) is 69.5 Å². The Morgan fingerprint density at radius 1 is 1.07 bits per heavy atom. The van der Waals surface area contributed by atoms with Crippen molar-refractivity contribution in [3.63, 3.8) is 0 Å². The van der Waals surface area contributed by atoms with Crippen LogP contribution in [-0.2, 0) is 30.3 Å². The first kappa shape index (κ1) is 26.3. The number of cyclic esters (lactones) is 1. The Morgan fingerprint density at radius 3 is 2.52 bits per heavy atom. The van der Waals surface area contributed by atoms with Crippen LogP contribution in [0.4, 0.5) is 0 Å². The number of methoxy groups -OCH3 is 1. The molecule has 1 saturated heterocycles. The molecule has 4 N–H and O–H groups in total. The van der Waals surface area contributed by atoms with Crippen molar-refractivity contribution in [1.29, 1.82) is 0 Å². The number of aliphatic hydroxyl groups is 2. The van der Waals surface area contributed by atoms with Crippen molar-refractivity contribution < 1.29 is 53.8 Å². The highest BCUT2D eigenvalue weighted by Gasteiger charge is 2.60. The van der Waals surface area contributed by atoms with Gasteiger partial charge >= 0.3 is 11.9 Å². The molecule has 11 heteroatoms. The minimum atomic E-state index is -1.98. The number of hydrogen-bond donors (Lipinski definition) is 4. The van der Waals surface area contributed by atoms with Crippen molar-refractivity contribution in [2.45, 2.75) is 56.3 Å². The van der Waals surface area contributed by atoms with Crippen molar-refractivity contribution in [3.05, 3.63) is 69.3 Å². The molecule has 2 aromatic rings. The van der Waals surface area contributed by atoms with Crippen molar-refractivity contribution in [3.8, 4) is 17.2 Å². The molecule has 8 rings (SSSR count). The molecule has 4 aliphatic carbocycles. The van der Waals surface area contributed by atoms with Crippen molar-refractivity contribution in [1.82, 2.24) is 0 Å². The van der Waals surface area contributed by atoms with E-state index in [0.717, 1.165) is 7.11 Å². The largest absolute Gasteiger partial charge is 0.507 e. The van der Waals surface area contributed by atoms with Crippen LogP contribution in [0.3, 0.4) is 0 Å². The van der Waals surface area contributed by atoms with Gasteiger partial charge in [0.2, 0.25) is 5.60 Å². The first-order chi connectivity index (χ1) is 19.9. The number of hydrogen-bond acceptors (Lipinski definition) is 11. The molecule has 2 aromatic carbocycles. The van der Waals surface area contributed by atoms with Crippen molar-refractivity contribution >= 4 is 29.3 Å². The van der Waals surface area contributed by atoms with Gasteiger partial charge in [0.1, 0.15) is 28.6 Å². The highest BCUT2D eigenvalue weighted by Crippen LogP contribution is 2.61. The lowest BCUT2D eigenvalue weighted by atomic mass is 9.61. The molecule has 0 unspecified atom stereocenters. The molecule has 5 atom stereocenters. The number of rotatable bonds is 2. The van der Waals surface area contributed by atoms with Crippen LogP contribution < -0.4 is 4.74 Å². The van der Waals surface area contributed by atoms with E-state index in [9.17, 15) is 39.6 Å². The molecule has 216 valence electrons. The maximum absolute atomic E-state index is 14.0. The summed E-state index contributed by atoms with van der Waals surface area (Å²) < 4.78 is 16.5. The average Bonchev–Trinajstić information content (AvgIpc) is 3.26. The van der Waals surface area contributed by atoms with E-state index >= 15 is 0 Å². The molecule has 0 amide bonds. The van der Waals surface area contributed by atoms with Gasteiger partial charge in [-0.25, -0.2) is 4.79 Å². The summed E-state index contributed by atoms with van der Waals surface area (Å²) in [6.07, 6.45) is 0.139. The van der Waals surface area contributed by atoms with Crippen LogP contribution in [0.5, 0.6) is 17.2 Å². The zero-order valence-corrected chi connectivity index (χ0v) is 22.6. The summed E-state index contributed by atoms with van der Waals surface area (Å²) in [4.78, 5) is 52.6. The number of allylic oxidation sites excluding steroid dienone is 1. The molecule has 42 heavy (non-hydrogen) atoms. The molecule has 0 aromatic heterocycles. The minimum absolute atomic E-state index is 0.0221. The van der Waals surface area contributed by atoms with E-state index in [1.165, 1.54) is 18.2 Å². The number of esters is 2. The standard InChI is InChI=1S/C31H26O11/c1-12-7-15-22(16(32)8-12)27(37)24-25(35)14-5-6-30(24,28(15)38)10-13-9-18-23(26(36)21(13)14)17(33)11-31(42-18,29(39)40-2)19-3-4-20(34)41-19/h5-9,14,19,28,32,36-38H,3-4,10-11H2,1-2H3/t14-,19-,28-,30-,31+/m0/s1. The van der Waals surface area contributed by atoms with Gasteiger partial charge in [-0.05, 0) is 48.6 Å². The molecule has 2 aliphatic heterocycles. The number of ketones is 2. The van der Waals surface area contributed by atoms with Crippen LogP contribution in [0.15, 0.2) is 35.9 Å². The monoisotopic (exact) mass is 574 g/mol. The summed E-state index contributed by atoms with van der Waals surface area (Å²) in [6.45, 7) is 1.72. The lowest BCUT2D eigenvalue weighted by Gasteiger charge is -2.43. The lowest BCUT2D eigenvalue weighted by Crippen LogP contribution is -2.58. The molecule has 11 nitrogen and oxygen atoms in total. The third kappa shape index (κ3) is 3.14. The number of Topliss-reactive ketones (excluding diaryl/α,β-unsaturated/α-hetero) is 2. The SMILES string of the molecule is COC(=O)[C@]1([C@@H]2CCC(=O)O2)CC(=O)c2c(cc3c(c2O)[C@@H]2C=C[C@]4(C3)C(=C(O)c3c(O)cc(C)cc3[C@@H]4O)C2=O)O1. The molecule has 0 radical (unpaired) electrons. The number of phenolic OH excluding ortho intramolecular Hbond substituents is 2. The molecule has 2 heterocycles. The molecule has 2 bridgehead atoms. The number of carbonyl (C=O) groups is 4. The maximum atomic E-state index is 14.0. The van der Waals surface area contributed by atoms with Crippen molar-refractivity contribution in [2.24, 2.45) is 5.41 Å². The number of benzene rings is 2. The van der Waals surface area contributed by atoms with E-state index in [1.54, 1.807) is 19.1 Å². The number of fused-ring (bicyclic) bond motifs is 2. The van der Waals surface area contributed by atoms with Gasteiger partial charge in [-0.3, -0.25) is 14.4 Å². The Balaban J connectivity index is 1.43. The predicted octanol–water partition coefficient (Wildman–Crippen LogP) is 2.77. The van der Waals surface area contributed by atoms with E-state index in [4.69, 9.17) is 14.2 Å². The Bertz CT molecular complexity index is 1730. The summed E-state index contributed by atoms with van der Waals surface area (Å²) >= 11 is 0. The van der Waals surface area contributed by atoms with Gasteiger partial charge in [0.15, 0.2) is 17.7 Å². The summed E-state index contributed by atoms with van der Waals surface area (Å²) in [6, 6.07) is 4.49. The van der Waals surface area contributed by atoms with Crippen LogP contribution in [0, 0.1) is 12.3 Å². The van der Waals surface area contributed by atoms with Gasteiger partial charge in [-0.1, -0.05) is 18.2 Å². The number of aryl methyl sites for hydroxylation is 1. The van der Waals surface area contributed by atoms with Crippen LogP contribution >= 0.6 is 0 Å². The zero-order chi connectivity index (χ0) is 29.9. The topological polar surface area (TPSA) is 177 Å². The van der Waals surface area contributed by atoms with Gasteiger partial charge in [0, 0.05) is 12.0 Å². The Labute approximate surface area is 238 Å². The van der Waals surface area contributed by atoms with E-state index in [1.807, 2.05) is 0 Å².